The van der Waals surface area contributed by atoms with E-state index in [0.29, 0.717) is 10.4 Å². The zero-order valence-corrected chi connectivity index (χ0v) is 14.8. The van der Waals surface area contributed by atoms with Crippen LogP contribution in [0, 0.1) is 5.82 Å². The predicted octanol–water partition coefficient (Wildman–Crippen LogP) is 4.76. The molecule has 1 aromatic heterocycles. The quantitative estimate of drug-likeness (QED) is 0.632. The molecule has 3 rings (SSSR count). The highest BCUT2D eigenvalue weighted by Crippen LogP contribution is 2.19. The van der Waals surface area contributed by atoms with Gasteiger partial charge in [-0.15, -0.1) is 0 Å². The maximum atomic E-state index is 13.4. The molecule has 0 atom stereocenters. The molecule has 6 heteroatoms. The summed E-state index contributed by atoms with van der Waals surface area (Å²) < 4.78 is 17.0. The first-order chi connectivity index (χ1) is 11.1. The van der Waals surface area contributed by atoms with Crippen molar-refractivity contribution in [2.75, 3.05) is 0 Å². The number of fused-ring (bicyclic) bond motifs is 1. The Hall–Kier alpha value is -1.79. The predicted molar refractivity (Wildman–Crippen MR) is 94.1 cm³/mol. The van der Waals surface area contributed by atoms with Gasteiger partial charge in [0.1, 0.15) is 5.82 Å². The second kappa shape index (κ2) is 6.76. The van der Waals surface area contributed by atoms with Crippen molar-refractivity contribution in [3.8, 4) is 0 Å². The van der Waals surface area contributed by atoms with Crippen LogP contribution in [0.2, 0.25) is 0 Å². The first-order valence-electron chi connectivity index (χ1n) is 7.22. The van der Waals surface area contributed by atoms with Crippen molar-refractivity contribution in [3.05, 3.63) is 63.1 Å². The molecule has 3 nitrogen and oxygen atoms in total. The maximum Gasteiger partial charge on any atom is 0.279 e. The van der Waals surface area contributed by atoms with E-state index in [1.807, 2.05) is 10.6 Å². The standard InChI is InChI=1S/C17H14BrFN2OS/c1-2-8-21-14-7-6-13(19)10-15(14)23-17(21)20-16(22)11-4-3-5-12(18)9-11/h3-7,9-10H,2,8H2,1H3. The lowest BCUT2D eigenvalue weighted by atomic mass is 10.2. The average molecular weight is 393 g/mol. The molecule has 2 aromatic carbocycles. The minimum absolute atomic E-state index is 0.285. The van der Waals surface area contributed by atoms with Crippen LogP contribution in [0.5, 0.6) is 0 Å². The summed E-state index contributed by atoms with van der Waals surface area (Å²) in [6.45, 7) is 2.79. The van der Waals surface area contributed by atoms with E-state index < -0.39 is 0 Å². The molecule has 23 heavy (non-hydrogen) atoms. The van der Waals surface area contributed by atoms with E-state index in [2.05, 4.69) is 27.8 Å². The molecule has 0 saturated heterocycles. The van der Waals surface area contributed by atoms with Crippen molar-refractivity contribution in [1.82, 2.24) is 4.57 Å². The number of amides is 1. The number of thiazole rings is 1. The van der Waals surface area contributed by atoms with Gasteiger partial charge >= 0.3 is 0 Å². The minimum Gasteiger partial charge on any atom is -0.316 e. The van der Waals surface area contributed by atoms with Gasteiger partial charge in [0.05, 0.1) is 10.2 Å². The molecule has 0 aliphatic carbocycles. The summed E-state index contributed by atoms with van der Waals surface area (Å²) in [5, 5.41) is 0. The zero-order valence-electron chi connectivity index (χ0n) is 12.4. The molecule has 3 aromatic rings. The molecule has 0 saturated carbocycles. The van der Waals surface area contributed by atoms with Crippen molar-refractivity contribution < 1.29 is 9.18 Å². The van der Waals surface area contributed by atoms with E-state index in [-0.39, 0.29) is 11.7 Å². The molecule has 118 valence electrons. The van der Waals surface area contributed by atoms with Crippen LogP contribution < -0.4 is 4.80 Å². The summed E-state index contributed by atoms with van der Waals surface area (Å²) in [6.07, 6.45) is 0.904. The van der Waals surface area contributed by atoms with E-state index in [4.69, 9.17) is 0 Å². The van der Waals surface area contributed by atoms with Crippen LogP contribution in [0.25, 0.3) is 10.2 Å². The highest BCUT2D eigenvalue weighted by Gasteiger charge is 2.10. The number of nitrogens with zero attached hydrogens (tertiary/aromatic N) is 2. The van der Waals surface area contributed by atoms with Gasteiger partial charge < -0.3 is 4.57 Å². The van der Waals surface area contributed by atoms with Crippen molar-refractivity contribution >= 4 is 43.4 Å². The summed E-state index contributed by atoms with van der Waals surface area (Å²) in [5.74, 6) is -0.588. The Labute approximate surface area is 145 Å². The fraction of sp³-hybridized carbons (Fsp3) is 0.176. The molecule has 0 bridgehead atoms. The van der Waals surface area contributed by atoms with E-state index in [1.165, 1.54) is 23.5 Å². The number of benzene rings is 2. The topological polar surface area (TPSA) is 34.4 Å². The van der Waals surface area contributed by atoms with Gasteiger partial charge in [-0.25, -0.2) is 4.39 Å². The van der Waals surface area contributed by atoms with E-state index in [9.17, 15) is 9.18 Å². The smallest absolute Gasteiger partial charge is 0.279 e. The third-order valence-corrected chi connectivity index (χ3v) is 4.90. The van der Waals surface area contributed by atoms with Gasteiger partial charge in [-0.1, -0.05) is 40.3 Å². The summed E-state index contributed by atoms with van der Waals surface area (Å²) in [6, 6.07) is 11.8. The van der Waals surface area contributed by atoms with Crippen molar-refractivity contribution in [3.63, 3.8) is 0 Å². The Morgan fingerprint density at radius 1 is 1.30 bits per heavy atom. The average Bonchev–Trinajstić information content (AvgIpc) is 2.84. The Balaban J connectivity index is 2.14. The highest BCUT2D eigenvalue weighted by molar-refractivity contribution is 9.10. The summed E-state index contributed by atoms with van der Waals surface area (Å²) in [4.78, 5) is 17.2. The van der Waals surface area contributed by atoms with Crippen LogP contribution in [0.1, 0.15) is 23.7 Å². The molecular weight excluding hydrogens is 379 g/mol. The molecule has 0 aliphatic rings. The zero-order chi connectivity index (χ0) is 16.4. The van der Waals surface area contributed by atoms with Crippen LogP contribution >= 0.6 is 27.3 Å². The molecule has 0 unspecified atom stereocenters. The molecule has 1 amide bonds. The molecule has 1 heterocycles. The summed E-state index contributed by atoms with van der Waals surface area (Å²) >= 11 is 4.68. The van der Waals surface area contributed by atoms with Crippen LogP contribution in [-0.4, -0.2) is 10.5 Å². The number of halogens is 2. The molecule has 0 N–H and O–H groups in total. The van der Waals surface area contributed by atoms with E-state index >= 15 is 0 Å². The third-order valence-electron chi connectivity index (χ3n) is 3.36. The third kappa shape index (κ3) is 3.43. The number of carbonyl (C=O) groups excluding carboxylic acids is 1. The highest BCUT2D eigenvalue weighted by atomic mass is 79.9. The molecule has 0 spiro atoms. The van der Waals surface area contributed by atoms with Crippen LogP contribution in [0.4, 0.5) is 4.39 Å². The number of aryl methyl sites for hydroxylation is 1. The molecule has 0 fully saturated rings. The van der Waals surface area contributed by atoms with Gasteiger partial charge in [-0.2, -0.15) is 4.99 Å². The van der Waals surface area contributed by atoms with Gasteiger partial charge in [0, 0.05) is 16.6 Å². The van der Waals surface area contributed by atoms with Gasteiger partial charge in [0.15, 0.2) is 4.80 Å². The van der Waals surface area contributed by atoms with Gasteiger partial charge in [0.25, 0.3) is 5.91 Å². The van der Waals surface area contributed by atoms with E-state index in [1.54, 1.807) is 24.3 Å². The number of carbonyl (C=O) groups is 1. The minimum atomic E-state index is -0.303. The van der Waals surface area contributed by atoms with Crippen molar-refractivity contribution in [1.29, 1.82) is 0 Å². The lowest BCUT2D eigenvalue weighted by molar-refractivity contribution is 0.0997. The van der Waals surface area contributed by atoms with E-state index in [0.717, 1.165) is 27.7 Å². The Kier molecular flexibility index (Phi) is 4.73. The van der Waals surface area contributed by atoms with Gasteiger partial charge in [0.2, 0.25) is 0 Å². The second-order valence-electron chi connectivity index (χ2n) is 5.08. The SMILES string of the molecule is CCCn1c(=NC(=O)c2cccc(Br)c2)sc2cc(F)ccc21. The van der Waals surface area contributed by atoms with Crippen LogP contribution in [0.3, 0.4) is 0 Å². The van der Waals surface area contributed by atoms with Crippen LogP contribution in [0.15, 0.2) is 51.9 Å². The van der Waals surface area contributed by atoms with Crippen molar-refractivity contribution in [2.24, 2.45) is 4.99 Å². The molecule has 0 radical (unpaired) electrons. The Bertz CT molecular complexity index is 945. The Morgan fingerprint density at radius 3 is 2.87 bits per heavy atom. The maximum absolute atomic E-state index is 13.4. The first-order valence-corrected chi connectivity index (χ1v) is 8.83. The normalized spacial score (nSPS) is 12.0. The lowest BCUT2D eigenvalue weighted by Gasteiger charge is -2.02. The largest absolute Gasteiger partial charge is 0.316 e. The Morgan fingerprint density at radius 2 is 2.13 bits per heavy atom. The first kappa shape index (κ1) is 16.1. The number of rotatable bonds is 3. The summed E-state index contributed by atoms with van der Waals surface area (Å²) in [5.41, 5.74) is 1.42. The van der Waals surface area contributed by atoms with Crippen LogP contribution in [-0.2, 0) is 6.54 Å². The van der Waals surface area contributed by atoms with Gasteiger partial charge in [-0.05, 0) is 42.8 Å². The monoisotopic (exact) mass is 392 g/mol. The number of hydrogen-bond acceptors (Lipinski definition) is 2. The molecule has 0 aliphatic heterocycles. The molecular formula is C17H14BrFN2OS. The fourth-order valence-electron chi connectivity index (χ4n) is 2.34. The summed E-state index contributed by atoms with van der Waals surface area (Å²) in [7, 11) is 0. The second-order valence-corrected chi connectivity index (χ2v) is 7.00. The fourth-order valence-corrected chi connectivity index (χ4v) is 3.82. The lowest BCUT2D eigenvalue weighted by Crippen LogP contribution is -2.16. The number of hydrogen-bond donors (Lipinski definition) is 0. The van der Waals surface area contributed by atoms with Gasteiger partial charge in [-0.3, -0.25) is 4.79 Å². The van der Waals surface area contributed by atoms with Crippen molar-refractivity contribution in [2.45, 2.75) is 19.9 Å². The number of aromatic nitrogens is 1.